The Morgan fingerprint density at radius 3 is 2.49 bits per heavy atom. The van der Waals surface area contributed by atoms with E-state index in [1.165, 1.54) is 18.2 Å². The molecule has 2 N–H and O–H groups in total. The van der Waals surface area contributed by atoms with E-state index in [9.17, 15) is 26.4 Å². The van der Waals surface area contributed by atoms with Gasteiger partial charge in [-0.1, -0.05) is 11.6 Å². The standard InChI is InChI=1S/C27H32ClF3N8O3S/c28-18-5-6-20(35-43(41,42)17-27(29,30)31)19(14-18)26(40)38-11-2-1-4-22(38)21-15-24-33-23(36-9-3-10-36)16-25(39(24)34-21)37-12-7-32-8-13-37/h5-6,14-16,22,32,35H,1-4,7-13,17H2/t22-/m0/s1. The summed E-state index contributed by atoms with van der Waals surface area (Å²) in [7, 11) is -4.83. The van der Waals surface area contributed by atoms with E-state index < -0.39 is 33.9 Å². The van der Waals surface area contributed by atoms with Crippen LogP contribution in [0.5, 0.6) is 0 Å². The predicted molar refractivity (Wildman–Crippen MR) is 157 cm³/mol. The number of carbonyl (C=O) groups is 1. The van der Waals surface area contributed by atoms with Crippen molar-refractivity contribution in [1.29, 1.82) is 0 Å². The Morgan fingerprint density at radius 1 is 1.02 bits per heavy atom. The van der Waals surface area contributed by atoms with Crippen LogP contribution >= 0.6 is 11.6 Å². The number of fused-ring (bicyclic) bond motifs is 1. The van der Waals surface area contributed by atoms with Crippen molar-refractivity contribution in [3.63, 3.8) is 0 Å². The van der Waals surface area contributed by atoms with E-state index in [0.29, 0.717) is 30.7 Å². The van der Waals surface area contributed by atoms with Crippen molar-refractivity contribution in [2.24, 2.45) is 0 Å². The number of nitrogens with one attached hydrogen (secondary N) is 2. The number of benzene rings is 1. The zero-order valence-electron chi connectivity index (χ0n) is 23.3. The number of carbonyl (C=O) groups excluding carboxylic acids is 1. The molecule has 232 valence electrons. The lowest BCUT2D eigenvalue weighted by Crippen LogP contribution is -2.44. The van der Waals surface area contributed by atoms with Crippen molar-refractivity contribution in [1.82, 2.24) is 24.8 Å². The molecule has 0 aliphatic carbocycles. The second kappa shape index (κ2) is 11.7. The van der Waals surface area contributed by atoms with E-state index in [0.717, 1.165) is 63.7 Å². The molecule has 5 heterocycles. The van der Waals surface area contributed by atoms with E-state index in [2.05, 4.69) is 21.2 Å². The van der Waals surface area contributed by atoms with Gasteiger partial charge in [-0.2, -0.15) is 22.8 Å². The molecule has 3 aliphatic rings. The molecule has 3 fully saturated rings. The molecule has 11 nitrogen and oxygen atoms in total. The van der Waals surface area contributed by atoms with Crippen molar-refractivity contribution in [3.8, 4) is 0 Å². The Balaban J connectivity index is 1.35. The fraction of sp³-hybridized carbons (Fsp3) is 0.519. The zero-order chi connectivity index (χ0) is 30.4. The van der Waals surface area contributed by atoms with Crippen molar-refractivity contribution in [2.75, 3.05) is 66.1 Å². The molecule has 43 heavy (non-hydrogen) atoms. The number of halogens is 4. The second-order valence-corrected chi connectivity index (χ2v) is 13.2. The largest absolute Gasteiger partial charge is 0.404 e. The van der Waals surface area contributed by atoms with Gasteiger partial charge in [0.1, 0.15) is 11.6 Å². The van der Waals surface area contributed by atoms with E-state index in [-0.39, 0.29) is 16.3 Å². The Morgan fingerprint density at radius 2 is 1.79 bits per heavy atom. The first-order valence-electron chi connectivity index (χ1n) is 14.3. The monoisotopic (exact) mass is 640 g/mol. The van der Waals surface area contributed by atoms with Crippen LogP contribution < -0.4 is 19.8 Å². The highest BCUT2D eigenvalue weighted by Gasteiger charge is 2.37. The Hall–Kier alpha value is -3.30. The molecule has 0 unspecified atom stereocenters. The molecule has 3 aromatic rings. The number of amides is 1. The Labute approximate surface area is 252 Å². The van der Waals surface area contributed by atoms with Crippen LogP contribution in [0.15, 0.2) is 30.3 Å². The molecule has 16 heteroatoms. The Bertz CT molecular complexity index is 1620. The minimum Gasteiger partial charge on any atom is -0.356 e. The Kier molecular flexibility index (Phi) is 8.07. The van der Waals surface area contributed by atoms with E-state index >= 15 is 0 Å². The van der Waals surface area contributed by atoms with E-state index in [1.54, 1.807) is 4.90 Å². The summed E-state index contributed by atoms with van der Waals surface area (Å²) < 4.78 is 67.0. The van der Waals surface area contributed by atoms with Gasteiger partial charge in [-0.25, -0.2) is 13.4 Å². The molecule has 1 amide bonds. The van der Waals surface area contributed by atoms with Gasteiger partial charge >= 0.3 is 6.18 Å². The molecule has 1 atom stereocenters. The molecule has 0 bridgehead atoms. The van der Waals surface area contributed by atoms with Crippen molar-refractivity contribution >= 4 is 50.5 Å². The minimum absolute atomic E-state index is 0.131. The average molecular weight is 641 g/mol. The van der Waals surface area contributed by atoms with Gasteiger partial charge in [0.2, 0.25) is 10.0 Å². The topological polar surface area (TPSA) is 115 Å². The zero-order valence-corrected chi connectivity index (χ0v) is 24.8. The third-order valence-electron chi connectivity index (χ3n) is 7.97. The summed E-state index contributed by atoms with van der Waals surface area (Å²) >= 11 is 6.17. The van der Waals surface area contributed by atoms with Gasteiger partial charge in [-0.3, -0.25) is 9.52 Å². The normalized spacial score (nSPS) is 19.9. The van der Waals surface area contributed by atoms with Crippen LogP contribution in [-0.2, 0) is 10.0 Å². The van der Waals surface area contributed by atoms with Gasteiger partial charge in [-0.05, 0) is 43.9 Å². The molecular formula is C27H32ClF3N8O3S. The van der Waals surface area contributed by atoms with Gasteiger partial charge < -0.3 is 20.0 Å². The lowest BCUT2D eigenvalue weighted by molar-refractivity contribution is -0.106. The summed E-state index contributed by atoms with van der Waals surface area (Å²) in [4.78, 5) is 24.9. The number of rotatable bonds is 7. The van der Waals surface area contributed by atoms with Gasteiger partial charge in [0.15, 0.2) is 11.4 Å². The molecular weight excluding hydrogens is 609 g/mol. The number of piperidine rings is 1. The minimum atomic E-state index is -4.95. The second-order valence-electron chi connectivity index (χ2n) is 11.1. The van der Waals surface area contributed by atoms with Crippen LogP contribution in [0.2, 0.25) is 5.02 Å². The van der Waals surface area contributed by atoms with Crippen molar-refractivity contribution < 1.29 is 26.4 Å². The van der Waals surface area contributed by atoms with Gasteiger partial charge in [0.25, 0.3) is 5.91 Å². The number of alkyl halides is 3. The summed E-state index contributed by atoms with van der Waals surface area (Å²) in [5.41, 5.74) is 0.904. The van der Waals surface area contributed by atoms with Gasteiger partial charge in [0.05, 0.1) is 23.0 Å². The number of anilines is 3. The number of aromatic nitrogens is 3. The summed E-state index contributed by atoms with van der Waals surface area (Å²) in [5.74, 6) is -0.828. The highest BCUT2D eigenvalue weighted by Crippen LogP contribution is 2.35. The SMILES string of the molecule is O=C(c1cc(Cl)ccc1NS(=O)(=O)CC(F)(F)F)N1CCCC[C@H]1c1cc2nc(N3CCC3)cc(N3CCNCC3)n2n1. The maximum atomic E-state index is 14.0. The molecule has 3 aliphatic heterocycles. The highest BCUT2D eigenvalue weighted by molar-refractivity contribution is 7.92. The fourth-order valence-electron chi connectivity index (χ4n) is 5.79. The molecule has 3 saturated heterocycles. The molecule has 2 aromatic heterocycles. The third kappa shape index (κ3) is 6.48. The highest BCUT2D eigenvalue weighted by atomic mass is 35.5. The van der Waals surface area contributed by atoms with Crippen LogP contribution in [0.4, 0.5) is 30.5 Å². The number of piperazine rings is 1. The maximum absolute atomic E-state index is 14.0. The lowest BCUT2D eigenvalue weighted by atomic mass is 9.98. The third-order valence-corrected chi connectivity index (χ3v) is 9.44. The van der Waals surface area contributed by atoms with Crippen molar-refractivity contribution in [2.45, 2.75) is 37.9 Å². The van der Waals surface area contributed by atoms with Crippen LogP contribution in [0.25, 0.3) is 5.65 Å². The molecule has 0 radical (unpaired) electrons. The quantitative estimate of drug-likeness (QED) is 0.402. The molecule has 0 saturated carbocycles. The van der Waals surface area contributed by atoms with Gasteiger partial charge in [0, 0.05) is 63.0 Å². The molecule has 6 rings (SSSR count). The van der Waals surface area contributed by atoms with Crippen LogP contribution in [0, 0.1) is 0 Å². The van der Waals surface area contributed by atoms with E-state index in [4.69, 9.17) is 21.7 Å². The summed E-state index contributed by atoms with van der Waals surface area (Å²) in [6.07, 6.45) is -1.70. The van der Waals surface area contributed by atoms with Crippen LogP contribution in [0.1, 0.15) is 47.8 Å². The van der Waals surface area contributed by atoms with Gasteiger partial charge in [-0.15, -0.1) is 0 Å². The smallest absolute Gasteiger partial charge is 0.356 e. The summed E-state index contributed by atoms with van der Waals surface area (Å²) in [5, 5.41) is 8.45. The summed E-state index contributed by atoms with van der Waals surface area (Å²) in [6.45, 7) is 5.53. The first-order valence-corrected chi connectivity index (χ1v) is 16.3. The maximum Gasteiger partial charge on any atom is 0.404 e. The number of sulfonamides is 1. The first kappa shape index (κ1) is 29.8. The molecule has 0 spiro atoms. The summed E-state index contributed by atoms with van der Waals surface area (Å²) in [6, 6.07) is 7.28. The number of nitrogens with zero attached hydrogens (tertiary/aromatic N) is 6. The van der Waals surface area contributed by atoms with E-state index in [1.807, 2.05) is 15.3 Å². The predicted octanol–water partition coefficient (Wildman–Crippen LogP) is 3.67. The lowest BCUT2D eigenvalue weighted by Gasteiger charge is -2.35. The van der Waals surface area contributed by atoms with Crippen molar-refractivity contribution in [3.05, 3.63) is 46.6 Å². The number of hydrogen-bond donors (Lipinski definition) is 2. The first-order chi connectivity index (χ1) is 20.5. The average Bonchev–Trinajstić information content (AvgIpc) is 3.35. The fourth-order valence-corrected chi connectivity index (χ4v) is 6.98. The molecule has 1 aromatic carbocycles. The number of likely N-dealkylation sites (tertiary alicyclic amines) is 1. The van der Waals surface area contributed by atoms with Crippen LogP contribution in [0.3, 0.4) is 0 Å². The number of hydrogen-bond acceptors (Lipinski definition) is 8. The van der Waals surface area contributed by atoms with Crippen LogP contribution in [-0.4, -0.2) is 91.6 Å².